The monoisotopic (exact) mass is 330 g/mol. The molecule has 132 valence electrons. The van der Waals surface area contributed by atoms with Crippen molar-refractivity contribution >= 4 is 16.6 Å². The topological polar surface area (TPSA) is 40.5 Å². The van der Waals surface area contributed by atoms with Crippen molar-refractivity contribution < 1.29 is 4.90 Å². The zero-order chi connectivity index (χ0) is 17.7. The summed E-state index contributed by atoms with van der Waals surface area (Å²) in [5, 5.41) is 0.809. The minimum atomic E-state index is 0.186. The summed E-state index contributed by atoms with van der Waals surface area (Å²) in [5.41, 5.74) is 4.17. The van der Waals surface area contributed by atoms with Gasteiger partial charge in [-0.3, -0.25) is 4.79 Å². The minimum Gasteiger partial charge on any atom is -0.372 e. The van der Waals surface area contributed by atoms with Crippen LogP contribution in [0.25, 0.3) is 10.9 Å². The lowest BCUT2D eigenvalue weighted by molar-refractivity contribution is -0.894. The summed E-state index contributed by atoms with van der Waals surface area (Å²) in [6.45, 7) is 12.3. The molecule has 24 heavy (non-hydrogen) atoms. The lowest BCUT2D eigenvalue weighted by atomic mass is 10.1. The summed E-state index contributed by atoms with van der Waals surface area (Å²) in [4.78, 5) is 20.2. The minimum absolute atomic E-state index is 0.186. The number of unbranched alkanes of at least 4 members (excludes halogenated alkanes) is 1. The molecule has 1 aromatic heterocycles. The zero-order valence-corrected chi connectivity index (χ0v) is 15.8. The Labute approximate surface area is 145 Å². The van der Waals surface area contributed by atoms with E-state index in [1.54, 1.807) is 0 Å². The summed E-state index contributed by atoms with van der Waals surface area (Å²) in [7, 11) is 2.17. The van der Waals surface area contributed by atoms with Gasteiger partial charge in [-0.2, -0.15) is 0 Å². The molecule has 2 rings (SSSR count). The molecule has 2 N–H and O–H groups in total. The van der Waals surface area contributed by atoms with Crippen LogP contribution in [0.15, 0.2) is 23.0 Å². The number of quaternary nitrogens is 1. The van der Waals surface area contributed by atoms with Crippen LogP contribution in [0.2, 0.25) is 0 Å². The number of pyridine rings is 1. The fourth-order valence-corrected chi connectivity index (χ4v) is 3.31. The quantitative estimate of drug-likeness (QED) is 0.781. The molecule has 1 unspecified atom stereocenters. The fourth-order valence-electron chi connectivity index (χ4n) is 3.31. The Hall–Kier alpha value is -1.81. The average molecular weight is 330 g/mol. The first-order valence-electron chi connectivity index (χ1n) is 9.23. The van der Waals surface area contributed by atoms with Gasteiger partial charge in [-0.05, 0) is 45.4 Å². The highest BCUT2D eigenvalue weighted by Crippen LogP contribution is 2.20. The number of H-pyrrole nitrogens is 1. The van der Waals surface area contributed by atoms with E-state index in [0.717, 1.165) is 54.0 Å². The number of hydrogen-bond donors (Lipinski definition) is 2. The number of aromatic nitrogens is 1. The van der Waals surface area contributed by atoms with Gasteiger partial charge in [-0.1, -0.05) is 13.3 Å². The Morgan fingerprint density at radius 2 is 1.88 bits per heavy atom. The van der Waals surface area contributed by atoms with Gasteiger partial charge >= 0.3 is 0 Å². The Bertz CT molecular complexity index is 731. The maximum absolute atomic E-state index is 13.1. The molecule has 1 atom stereocenters. The number of nitrogens with one attached hydrogen (secondary N) is 2. The molecule has 0 amide bonds. The van der Waals surface area contributed by atoms with Gasteiger partial charge in [0.2, 0.25) is 0 Å². The van der Waals surface area contributed by atoms with E-state index in [1.807, 2.05) is 19.1 Å². The number of aryl methyl sites for hydroxylation is 1. The van der Waals surface area contributed by atoms with Gasteiger partial charge < -0.3 is 14.8 Å². The van der Waals surface area contributed by atoms with E-state index in [4.69, 9.17) is 0 Å². The normalized spacial score (nSPS) is 12.5. The van der Waals surface area contributed by atoms with Gasteiger partial charge in [0.1, 0.15) is 6.54 Å². The molecular formula is C20H32N3O+. The molecule has 2 aromatic rings. The van der Waals surface area contributed by atoms with Crippen molar-refractivity contribution in [1.82, 2.24) is 4.98 Å². The highest BCUT2D eigenvalue weighted by molar-refractivity contribution is 5.83. The SMILES string of the molecule is CCCC[NH+](C)Cc1c(C)[nH]c2ccc(N(CC)CC)cc2c1=O. The Morgan fingerprint density at radius 1 is 1.17 bits per heavy atom. The van der Waals surface area contributed by atoms with E-state index in [0.29, 0.717) is 0 Å². The van der Waals surface area contributed by atoms with Crippen LogP contribution in [0.1, 0.15) is 44.9 Å². The second kappa shape index (κ2) is 8.34. The highest BCUT2D eigenvalue weighted by atomic mass is 16.1. The van der Waals surface area contributed by atoms with Crippen molar-refractivity contribution in [3.63, 3.8) is 0 Å². The number of hydrogen-bond acceptors (Lipinski definition) is 2. The van der Waals surface area contributed by atoms with Crippen molar-refractivity contribution in [3.05, 3.63) is 39.7 Å². The summed E-state index contributed by atoms with van der Waals surface area (Å²) in [5.74, 6) is 0. The van der Waals surface area contributed by atoms with Crippen molar-refractivity contribution in [2.75, 3.05) is 31.6 Å². The third-order valence-corrected chi connectivity index (χ3v) is 4.86. The van der Waals surface area contributed by atoms with Crippen LogP contribution in [-0.2, 0) is 6.54 Å². The Morgan fingerprint density at radius 3 is 2.50 bits per heavy atom. The van der Waals surface area contributed by atoms with E-state index < -0.39 is 0 Å². The van der Waals surface area contributed by atoms with E-state index >= 15 is 0 Å². The number of anilines is 1. The lowest BCUT2D eigenvalue weighted by Gasteiger charge is -2.21. The van der Waals surface area contributed by atoms with Gasteiger partial charge in [-0.25, -0.2) is 0 Å². The van der Waals surface area contributed by atoms with Crippen molar-refractivity contribution in [3.8, 4) is 0 Å². The van der Waals surface area contributed by atoms with E-state index in [1.165, 1.54) is 17.7 Å². The number of aromatic amines is 1. The maximum Gasteiger partial charge on any atom is 0.198 e. The van der Waals surface area contributed by atoms with Crippen LogP contribution < -0.4 is 15.2 Å². The third-order valence-electron chi connectivity index (χ3n) is 4.86. The molecule has 0 spiro atoms. The molecule has 0 saturated heterocycles. The smallest absolute Gasteiger partial charge is 0.198 e. The summed E-state index contributed by atoms with van der Waals surface area (Å²) < 4.78 is 0. The predicted molar refractivity (Wildman–Crippen MR) is 103 cm³/mol. The number of benzene rings is 1. The van der Waals surface area contributed by atoms with Crippen LogP contribution in [0.4, 0.5) is 5.69 Å². The fraction of sp³-hybridized carbons (Fsp3) is 0.550. The van der Waals surface area contributed by atoms with Gasteiger partial charge in [0.25, 0.3) is 0 Å². The maximum atomic E-state index is 13.1. The molecule has 4 nitrogen and oxygen atoms in total. The first kappa shape index (κ1) is 18.5. The first-order chi connectivity index (χ1) is 11.5. The molecule has 0 aliphatic rings. The van der Waals surface area contributed by atoms with Crippen LogP contribution in [0.5, 0.6) is 0 Å². The molecule has 0 saturated carbocycles. The second-order valence-electron chi connectivity index (χ2n) is 6.70. The molecule has 4 heteroatoms. The Balaban J connectivity index is 2.44. The summed E-state index contributed by atoms with van der Waals surface area (Å²) >= 11 is 0. The first-order valence-corrected chi connectivity index (χ1v) is 9.23. The lowest BCUT2D eigenvalue weighted by Crippen LogP contribution is -3.07. The molecule has 0 fully saturated rings. The molecule has 0 bridgehead atoms. The molecule has 0 radical (unpaired) electrons. The second-order valence-corrected chi connectivity index (χ2v) is 6.70. The summed E-state index contributed by atoms with van der Waals surface area (Å²) in [6, 6.07) is 6.18. The molecular weight excluding hydrogens is 298 g/mol. The highest BCUT2D eigenvalue weighted by Gasteiger charge is 2.14. The van der Waals surface area contributed by atoms with Crippen molar-refractivity contribution in [1.29, 1.82) is 0 Å². The molecule has 1 aromatic carbocycles. The predicted octanol–water partition coefficient (Wildman–Crippen LogP) is 2.50. The van der Waals surface area contributed by atoms with Gasteiger partial charge in [0.05, 0.1) is 19.2 Å². The van der Waals surface area contributed by atoms with Crippen molar-refractivity contribution in [2.45, 2.75) is 47.1 Å². The number of nitrogens with zero attached hydrogens (tertiary/aromatic N) is 1. The zero-order valence-electron chi connectivity index (χ0n) is 15.8. The van der Waals surface area contributed by atoms with Gasteiger partial charge in [0.15, 0.2) is 5.43 Å². The van der Waals surface area contributed by atoms with E-state index in [9.17, 15) is 4.79 Å². The third kappa shape index (κ3) is 3.99. The number of fused-ring (bicyclic) bond motifs is 1. The van der Waals surface area contributed by atoms with Crippen LogP contribution in [0, 0.1) is 6.92 Å². The van der Waals surface area contributed by atoms with Crippen LogP contribution in [0.3, 0.4) is 0 Å². The molecule has 0 aliphatic carbocycles. The molecule has 1 heterocycles. The van der Waals surface area contributed by atoms with Crippen LogP contribution in [-0.4, -0.2) is 31.7 Å². The van der Waals surface area contributed by atoms with E-state index in [2.05, 4.69) is 43.8 Å². The van der Waals surface area contributed by atoms with Gasteiger partial charge in [0, 0.05) is 35.4 Å². The number of rotatable bonds is 8. The van der Waals surface area contributed by atoms with Gasteiger partial charge in [-0.15, -0.1) is 0 Å². The summed E-state index contributed by atoms with van der Waals surface area (Å²) in [6.07, 6.45) is 2.39. The molecule has 0 aliphatic heterocycles. The van der Waals surface area contributed by atoms with E-state index in [-0.39, 0.29) is 5.43 Å². The largest absolute Gasteiger partial charge is 0.372 e. The van der Waals surface area contributed by atoms with Crippen molar-refractivity contribution in [2.24, 2.45) is 0 Å². The Kier molecular flexibility index (Phi) is 6.44. The standard InChI is InChI=1S/C20H31N3O/c1-6-9-12-22(5)14-18-15(4)21-19-11-10-16(23(7-2)8-3)13-17(19)20(18)24/h10-11,13H,6-9,12,14H2,1-5H3,(H,21,24)/p+1. The van der Waals surface area contributed by atoms with Crippen LogP contribution >= 0.6 is 0 Å². The average Bonchev–Trinajstić information content (AvgIpc) is 2.58.